The highest BCUT2D eigenvalue weighted by atomic mass is 127. The number of allylic oxidation sites excluding steroid dienone is 1. The molecule has 0 unspecified atom stereocenters. The lowest BCUT2D eigenvalue weighted by molar-refractivity contribution is -0.132. The van der Waals surface area contributed by atoms with Gasteiger partial charge in [-0.1, -0.05) is 42.8 Å². The summed E-state index contributed by atoms with van der Waals surface area (Å²) in [6, 6.07) is 10.6. The average Bonchev–Trinajstić information content (AvgIpc) is 2.79. The molecule has 0 heterocycles. The zero-order valence-corrected chi connectivity index (χ0v) is 13.4. The summed E-state index contributed by atoms with van der Waals surface area (Å²) in [5.41, 5.74) is 2.72. The molecule has 0 amide bonds. The Bertz CT molecular complexity index is 531. The van der Waals surface area contributed by atoms with Gasteiger partial charge in [-0.2, -0.15) is 0 Å². The Labute approximate surface area is 128 Å². The molecule has 0 spiro atoms. The predicted molar refractivity (Wildman–Crippen MR) is 87.1 cm³/mol. The lowest BCUT2D eigenvalue weighted by Gasteiger charge is -2.33. The number of carbonyl (C=O) groups is 1. The van der Waals surface area contributed by atoms with Crippen LogP contribution in [0, 0.1) is 11.3 Å². The minimum absolute atomic E-state index is 0.0706. The number of carbonyl (C=O) groups excluding carboxylic acids is 1. The van der Waals surface area contributed by atoms with Crippen LogP contribution in [0.2, 0.25) is 0 Å². The first kappa shape index (κ1) is 13.3. The fraction of sp³-hybridized carbons (Fsp3) is 0.471. The topological polar surface area (TPSA) is 17.1 Å². The van der Waals surface area contributed by atoms with Gasteiger partial charge < -0.3 is 0 Å². The second-order valence-electron chi connectivity index (χ2n) is 6.09. The number of hydrogen-bond acceptors (Lipinski definition) is 1. The van der Waals surface area contributed by atoms with Crippen molar-refractivity contribution < 1.29 is 4.79 Å². The lowest BCUT2D eigenvalue weighted by Crippen LogP contribution is -2.35. The summed E-state index contributed by atoms with van der Waals surface area (Å²) in [4.78, 5) is 12.3. The minimum Gasteiger partial charge on any atom is -0.299 e. The molecule has 2 atom stereocenters. The molecule has 2 heteroatoms. The van der Waals surface area contributed by atoms with Crippen LogP contribution in [0.3, 0.4) is 0 Å². The molecule has 1 aromatic carbocycles. The van der Waals surface area contributed by atoms with Crippen LogP contribution in [-0.2, 0) is 4.79 Å². The van der Waals surface area contributed by atoms with Crippen LogP contribution >= 0.6 is 22.6 Å². The van der Waals surface area contributed by atoms with Gasteiger partial charge in [-0.15, -0.1) is 0 Å². The van der Waals surface area contributed by atoms with Crippen LogP contribution in [0.25, 0.3) is 3.58 Å². The van der Waals surface area contributed by atoms with E-state index in [1.54, 1.807) is 0 Å². The lowest BCUT2D eigenvalue weighted by atomic mass is 9.69. The van der Waals surface area contributed by atoms with Gasteiger partial charge in [-0.05, 0) is 59.8 Å². The zero-order chi connectivity index (χ0) is 13.5. The third-order valence-corrected chi connectivity index (χ3v) is 6.29. The van der Waals surface area contributed by atoms with E-state index in [1.165, 1.54) is 21.1 Å². The van der Waals surface area contributed by atoms with E-state index in [0.717, 1.165) is 25.7 Å². The van der Waals surface area contributed by atoms with Crippen molar-refractivity contribution in [1.29, 1.82) is 0 Å². The number of rotatable bonds is 1. The summed E-state index contributed by atoms with van der Waals surface area (Å²) < 4.78 is 1.36. The summed E-state index contributed by atoms with van der Waals surface area (Å²) in [6.07, 6.45) is 5.21. The van der Waals surface area contributed by atoms with Gasteiger partial charge in [0.1, 0.15) is 5.78 Å². The SMILES string of the molecule is C[C@]12C/C(=C(/I)c3ccccc3)C[C@H]1CCCC2=O. The Hall–Kier alpha value is -0.640. The molecule has 0 saturated heterocycles. The fourth-order valence-electron chi connectivity index (χ4n) is 3.68. The maximum Gasteiger partial charge on any atom is 0.139 e. The van der Waals surface area contributed by atoms with E-state index in [1.807, 2.05) is 0 Å². The molecular formula is C17H19IO. The second kappa shape index (κ2) is 5.04. The van der Waals surface area contributed by atoms with Crippen molar-refractivity contribution in [3.63, 3.8) is 0 Å². The molecule has 1 aromatic rings. The second-order valence-corrected chi connectivity index (χ2v) is 7.17. The van der Waals surface area contributed by atoms with E-state index < -0.39 is 0 Å². The van der Waals surface area contributed by atoms with E-state index in [0.29, 0.717) is 11.7 Å². The number of fused-ring (bicyclic) bond motifs is 1. The molecule has 0 radical (unpaired) electrons. The first-order valence-electron chi connectivity index (χ1n) is 7.07. The molecular weight excluding hydrogens is 347 g/mol. The molecule has 1 nitrogen and oxygen atoms in total. The zero-order valence-electron chi connectivity index (χ0n) is 11.3. The summed E-state index contributed by atoms with van der Waals surface area (Å²) >= 11 is 2.46. The normalized spacial score (nSPS) is 33.2. The molecule has 0 aromatic heterocycles. The molecule has 3 rings (SSSR count). The van der Waals surface area contributed by atoms with E-state index >= 15 is 0 Å². The predicted octanol–water partition coefficient (Wildman–Crippen LogP) is 5.00. The van der Waals surface area contributed by atoms with E-state index in [9.17, 15) is 4.79 Å². The van der Waals surface area contributed by atoms with Crippen molar-refractivity contribution in [1.82, 2.24) is 0 Å². The Morgan fingerprint density at radius 1 is 1.32 bits per heavy atom. The van der Waals surface area contributed by atoms with Crippen LogP contribution in [0.1, 0.15) is 44.6 Å². The van der Waals surface area contributed by atoms with E-state index in [2.05, 4.69) is 59.8 Å². The highest BCUT2D eigenvalue weighted by Crippen LogP contribution is 2.54. The Kier molecular flexibility index (Phi) is 3.54. The molecule has 2 fully saturated rings. The first-order chi connectivity index (χ1) is 9.11. The average molecular weight is 366 g/mol. The molecule has 100 valence electrons. The molecule has 2 aliphatic carbocycles. The van der Waals surface area contributed by atoms with Crippen molar-refractivity contribution in [2.45, 2.75) is 39.0 Å². The van der Waals surface area contributed by atoms with E-state index in [4.69, 9.17) is 0 Å². The number of Topliss-reactive ketones (excluding diaryl/α,β-unsaturated/α-hetero) is 1. The standard InChI is InChI=1S/C17H19IO/c1-17-11-13(10-14(17)8-5-9-15(17)19)16(18)12-6-3-2-4-7-12/h2-4,6-7,14H,5,8-11H2,1H3/b16-13+/t14-,17+/m1/s1. The van der Waals surface area contributed by atoms with Crippen LogP contribution in [0.4, 0.5) is 0 Å². The summed E-state index contributed by atoms with van der Waals surface area (Å²) in [7, 11) is 0. The van der Waals surface area contributed by atoms with Gasteiger partial charge in [0.15, 0.2) is 0 Å². The van der Waals surface area contributed by atoms with Crippen molar-refractivity contribution in [3.8, 4) is 0 Å². The smallest absolute Gasteiger partial charge is 0.139 e. The van der Waals surface area contributed by atoms with Crippen LogP contribution < -0.4 is 0 Å². The maximum absolute atomic E-state index is 12.3. The van der Waals surface area contributed by atoms with Crippen molar-refractivity contribution in [2.24, 2.45) is 11.3 Å². The highest BCUT2D eigenvalue weighted by Gasteiger charge is 2.48. The first-order valence-corrected chi connectivity index (χ1v) is 8.15. The Balaban J connectivity index is 1.95. The van der Waals surface area contributed by atoms with Gasteiger partial charge >= 0.3 is 0 Å². The summed E-state index contributed by atoms with van der Waals surface area (Å²) in [5.74, 6) is 1.08. The number of halogens is 1. The van der Waals surface area contributed by atoms with Crippen LogP contribution in [0.15, 0.2) is 35.9 Å². The summed E-state index contributed by atoms with van der Waals surface area (Å²) in [6.45, 7) is 2.20. The number of ketones is 1. The number of hydrogen-bond donors (Lipinski definition) is 0. The van der Waals surface area contributed by atoms with Crippen molar-refractivity contribution in [2.75, 3.05) is 0 Å². The van der Waals surface area contributed by atoms with Gasteiger partial charge in [-0.3, -0.25) is 4.79 Å². The third kappa shape index (κ3) is 2.28. The van der Waals surface area contributed by atoms with E-state index in [-0.39, 0.29) is 5.41 Å². The highest BCUT2D eigenvalue weighted by molar-refractivity contribution is 14.1. The van der Waals surface area contributed by atoms with Crippen molar-refractivity contribution >= 4 is 32.0 Å². The number of benzene rings is 1. The third-order valence-electron chi connectivity index (χ3n) is 4.91. The van der Waals surface area contributed by atoms with Crippen LogP contribution in [0.5, 0.6) is 0 Å². The van der Waals surface area contributed by atoms with Gasteiger partial charge in [0, 0.05) is 15.4 Å². The Morgan fingerprint density at radius 2 is 2.05 bits per heavy atom. The maximum atomic E-state index is 12.3. The quantitative estimate of drug-likeness (QED) is 0.639. The summed E-state index contributed by atoms with van der Waals surface area (Å²) in [5, 5.41) is 0. The molecule has 2 saturated carbocycles. The molecule has 0 aliphatic heterocycles. The van der Waals surface area contributed by atoms with Crippen LogP contribution in [-0.4, -0.2) is 5.78 Å². The minimum atomic E-state index is -0.0706. The molecule has 2 aliphatic rings. The van der Waals surface area contributed by atoms with Crippen molar-refractivity contribution in [3.05, 3.63) is 41.5 Å². The molecule has 0 bridgehead atoms. The van der Waals surface area contributed by atoms with Gasteiger partial charge in [-0.25, -0.2) is 0 Å². The monoisotopic (exact) mass is 366 g/mol. The van der Waals surface area contributed by atoms with Gasteiger partial charge in [0.25, 0.3) is 0 Å². The largest absolute Gasteiger partial charge is 0.299 e. The molecule has 19 heavy (non-hydrogen) atoms. The van der Waals surface area contributed by atoms with Gasteiger partial charge in [0.05, 0.1) is 0 Å². The Morgan fingerprint density at radius 3 is 2.74 bits per heavy atom. The van der Waals surface area contributed by atoms with Gasteiger partial charge in [0.2, 0.25) is 0 Å². The fourth-order valence-corrected chi connectivity index (χ4v) is 4.45. The molecule has 0 N–H and O–H groups in total.